The molecule has 9 heavy (non-hydrogen) atoms. The second-order valence-electron chi connectivity index (χ2n) is 2.42. The number of aliphatic hydroxyl groups is 1. The van der Waals surface area contributed by atoms with Crippen molar-refractivity contribution in [2.75, 3.05) is 13.2 Å². The quantitative estimate of drug-likeness (QED) is 0.465. The molecule has 0 aliphatic carbocycles. The Kier molecular flexibility index (Phi) is 2.45. The van der Waals surface area contributed by atoms with E-state index in [9.17, 15) is 0 Å². The maximum absolute atomic E-state index is 9.15. The number of rotatable bonds is 0. The lowest BCUT2D eigenvalue weighted by Crippen LogP contribution is -2.33. The number of hydrogen-bond donors (Lipinski definition) is 2. The van der Waals surface area contributed by atoms with Gasteiger partial charge in [-0.15, -0.1) is 0 Å². The standard InChI is InChI=1S/C6H13NO2/c7-5-1-3-9-4-2-6(5)8/h5-6,8H,1-4,7H2. The minimum Gasteiger partial charge on any atom is -0.391 e. The van der Waals surface area contributed by atoms with Gasteiger partial charge in [0.1, 0.15) is 0 Å². The Labute approximate surface area is 54.8 Å². The highest BCUT2D eigenvalue weighted by atomic mass is 16.5. The summed E-state index contributed by atoms with van der Waals surface area (Å²) in [5, 5.41) is 9.15. The van der Waals surface area contributed by atoms with Crippen molar-refractivity contribution in [1.82, 2.24) is 0 Å². The fourth-order valence-electron chi connectivity index (χ4n) is 0.932. The van der Waals surface area contributed by atoms with E-state index in [4.69, 9.17) is 15.6 Å². The van der Waals surface area contributed by atoms with Crippen LogP contribution in [-0.2, 0) is 4.74 Å². The van der Waals surface area contributed by atoms with Crippen molar-refractivity contribution < 1.29 is 9.84 Å². The SMILES string of the molecule is NC1CCOCCC1O. The summed E-state index contributed by atoms with van der Waals surface area (Å²) in [4.78, 5) is 0. The predicted molar refractivity (Wildman–Crippen MR) is 34.0 cm³/mol. The molecule has 0 aromatic carbocycles. The van der Waals surface area contributed by atoms with Crippen molar-refractivity contribution >= 4 is 0 Å². The van der Waals surface area contributed by atoms with Gasteiger partial charge in [-0.25, -0.2) is 0 Å². The molecule has 0 aromatic heterocycles. The van der Waals surface area contributed by atoms with Crippen LogP contribution in [0.15, 0.2) is 0 Å². The van der Waals surface area contributed by atoms with E-state index in [0.29, 0.717) is 19.6 Å². The maximum Gasteiger partial charge on any atom is 0.0713 e. The van der Waals surface area contributed by atoms with Crippen LogP contribution < -0.4 is 5.73 Å². The van der Waals surface area contributed by atoms with Crippen LogP contribution in [0.1, 0.15) is 12.8 Å². The Morgan fingerprint density at radius 1 is 1.33 bits per heavy atom. The van der Waals surface area contributed by atoms with E-state index in [1.54, 1.807) is 0 Å². The molecule has 1 fully saturated rings. The van der Waals surface area contributed by atoms with Gasteiger partial charge in [0.2, 0.25) is 0 Å². The summed E-state index contributed by atoms with van der Waals surface area (Å²) in [6.45, 7) is 1.34. The Balaban J connectivity index is 2.32. The molecule has 0 spiro atoms. The minimum absolute atomic E-state index is 0.0764. The Bertz CT molecular complexity index is 77.1. The highest BCUT2D eigenvalue weighted by Crippen LogP contribution is 2.05. The Morgan fingerprint density at radius 3 is 2.78 bits per heavy atom. The molecule has 1 aliphatic heterocycles. The van der Waals surface area contributed by atoms with Gasteiger partial charge in [-0.1, -0.05) is 0 Å². The summed E-state index contributed by atoms with van der Waals surface area (Å²) < 4.78 is 5.10. The molecule has 1 heterocycles. The first-order chi connectivity index (χ1) is 4.30. The largest absolute Gasteiger partial charge is 0.391 e. The number of ether oxygens (including phenoxy) is 1. The molecule has 3 N–H and O–H groups in total. The molecule has 0 amide bonds. The molecular formula is C6H13NO2. The van der Waals surface area contributed by atoms with Gasteiger partial charge in [-0.3, -0.25) is 0 Å². The van der Waals surface area contributed by atoms with E-state index in [2.05, 4.69) is 0 Å². The van der Waals surface area contributed by atoms with Crippen LogP contribution in [0.4, 0.5) is 0 Å². The lowest BCUT2D eigenvalue weighted by molar-refractivity contribution is 0.114. The van der Waals surface area contributed by atoms with E-state index >= 15 is 0 Å². The van der Waals surface area contributed by atoms with Crippen molar-refractivity contribution in [2.45, 2.75) is 25.0 Å². The smallest absolute Gasteiger partial charge is 0.0713 e. The summed E-state index contributed by atoms with van der Waals surface area (Å²) in [7, 11) is 0. The monoisotopic (exact) mass is 131 g/mol. The first-order valence-electron chi connectivity index (χ1n) is 3.32. The summed E-state index contributed by atoms with van der Waals surface area (Å²) in [6.07, 6.45) is 1.11. The number of hydrogen-bond acceptors (Lipinski definition) is 3. The normalized spacial score (nSPS) is 38.0. The second-order valence-corrected chi connectivity index (χ2v) is 2.42. The second kappa shape index (κ2) is 3.15. The molecule has 3 nitrogen and oxygen atoms in total. The van der Waals surface area contributed by atoms with Crippen molar-refractivity contribution in [2.24, 2.45) is 5.73 Å². The van der Waals surface area contributed by atoms with E-state index in [-0.39, 0.29) is 12.1 Å². The topological polar surface area (TPSA) is 55.5 Å². The molecular weight excluding hydrogens is 118 g/mol. The molecule has 0 aromatic rings. The van der Waals surface area contributed by atoms with Gasteiger partial charge in [0, 0.05) is 19.3 Å². The van der Waals surface area contributed by atoms with Crippen LogP contribution in [0.3, 0.4) is 0 Å². The Morgan fingerprint density at radius 2 is 2.00 bits per heavy atom. The first-order valence-corrected chi connectivity index (χ1v) is 3.32. The summed E-state index contributed by atoms with van der Waals surface area (Å²) in [5.74, 6) is 0. The van der Waals surface area contributed by atoms with Crippen LogP contribution in [0.2, 0.25) is 0 Å². The van der Waals surface area contributed by atoms with Crippen LogP contribution >= 0.6 is 0 Å². The predicted octanol–water partition coefficient (Wildman–Crippen LogP) is -0.515. The lowest BCUT2D eigenvalue weighted by Gasteiger charge is -2.12. The summed E-state index contributed by atoms with van der Waals surface area (Å²) in [6, 6.07) is -0.0764. The maximum atomic E-state index is 9.15. The van der Waals surface area contributed by atoms with Gasteiger partial charge in [0.25, 0.3) is 0 Å². The Hall–Kier alpha value is -0.120. The lowest BCUT2D eigenvalue weighted by atomic mass is 10.1. The van der Waals surface area contributed by atoms with Crippen LogP contribution in [0.5, 0.6) is 0 Å². The van der Waals surface area contributed by atoms with Gasteiger partial charge >= 0.3 is 0 Å². The van der Waals surface area contributed by atoms with Crippen molar-refractivity contribution in [1.29, 1.82) is 0 Å². The molecule has 1 saturated heterocycles. The molecule has 0 saturated carbocycles. The van der Waals surface area contributed by atoms with Crippen LogP contribution in [-0.4, -0.2) is 30.5 Å². The van der Waals surface area contributed by atoms with Gasteiger partial charge in [-0.05, 0) is 12.8 Å². The average Bonchev–Trinajstić information content (AvgIpc) is 1.99. The van der Waals surface area contributed by atoms with Crippen molar-refractivity contribution in [3.05, 3.63) is 0 Å². The van der Waals surface area contributed by atoms with Gasteiger partial charge in [0.05, 0.1) is 6.10 Å². The minimum atomic E-state index is -0.354. The van der Waals surface area contributed by atoms with Gasteiger partial charge in [-0.2, -0.15) is 0 Å². The first kappa shape index (κ1) is 6.99. The highest BCUT2D eigenvalue weighted by Gasteiger charge is 2.16. The molecule has 2 atom stereocenters. The molecule has 0 radical (unpaired) electrons. The van der Waals surface area contributed by atoms with Crippen molar-refractivity contribution in [3.8, 4) is 0 Å². The number of nitrogens with two attached hydrogens (primary N) is 1. The molecule has 3 heteroatoms. The van der Waals surface area contributed by atoms with E-state index in [1.807, 2.05) is 0 Å². The summed E-state index contributed by atoms with van der Waals surface area (Å²) >= 11 is 0. The van der Waals surface area contributed by atoms with Gasteiger partial charge in [0.15, 0.2) is 0 Å². The zero-order valence-corrected chi connectivity index (χ0v) is 5.42. The fraction of sp³-hybridized carbons (Fsp3) is 1.00. The van der Waals surface area contributed by atoms with Crippen LogP contribution in [0.25, 0.3) is 0 Å². The van der Waals surface area contributed by atoms with Gasteiger partial charge < -0.3 is 15.6 Å². The zero-order valence-electron chi connectivity index (χ0n) is 5.42. The highest BCUT2D eigenvalue weighted by molar-refractivity contribution is 4.73. The van der Waals surface area contributed by atoms with E-state index < -0.39 is 0 Å². The third-order valence-corrected chi connectivity index (χ3v) is 1.65. The zero-order chi connectivity index (χ0) is 6.69. The molecule has 2 unspecified atom stereocenters. The van der Waals surface area contributed by atoms with E-state index in [1.165, 1.54) is 0 Å². The van der Waals surface area contributed by atoms with E-state index in [0.717, 1.165) is 6.42 Å². The molecule has 54 valence electrons. The third-order valence-electron chi connectivity index (χ3n) is 1.65. The average molecular weight is 131 g/mol. The van der Waals surface area contributed by atoms with Crippen LogP contribution in [0, 0.1) is 0 Å². The molecule has 1 rings (SSSR count). The number of aliphatic hydroxyl groups excluding tert-OH is 1. The van der Waals surface area contributed by atoms with Crippen molar-refractivity contribution in [3.63, 3.8) is 0 Å². The fourth-order valence-corrected chi connectivity index (χ4v) is 0.932. The summed E-state index contributed by atoms with van der Waals surface area (Å²) in [5.41, 5.74) is 5.55. The molecule has 0 bridgehead atoms. The molecule has 1 aliphatic rings. The third kappa shape index (κ3) is 1.93.